The van der Waals surface area contributed by atoms with Crippen LogP contribution >= 0.6 is 0 Å². The van der Waals surface area contributed by atoms with Crippen molar-refractivity contribution < 1.29 is 13.6 Å². The molecule has 4 rings (SSSR count). The second-order valence-electron chi connectivity index (χ2n) is 7.67. The number of likely N-dealkylation sites (tertiary alicyclic amines) is 2. The van der Waals surface area contributed by atoms with Gasteiger partial charge < -0.3 is 13.6 Å². The minimum atomic E-state index is 0.384. The summed E-state index contributed by atoms with van der Waals surface area (Å²) in [4.78, 5) is 5.10. The topological polar surface area (TPSA) is 42.0 Å². The summed E-state index contributed by atoms with van der Waals surface area (Å²) in [5.41, 5.74) is 1.66. The Morgan fingerprint density at radius 2 is 2.04 bits per heavy atom. The third-order valence-electron chi connectivity index (χ3n) is 6.05. The third kappa shape index (κ3) is 3.68. The summed E-state index contributed by atoms with van der Waals surface area (Å²) in [6.45, 7) is 7.33. The van der Waals surface area contributed by atoms with Gasteiger partial charge >= 0.3 is 0 Å². The first-order valence-electron chi connectivity index (χ1n) is 9.24. The Kier molecular flexibility index (Phi) is 4.97. The quantitative estimate of drug-likeness (QED) is 0.805. The molecule has 0 bridgehead atoms. The SMILES string of the molecule is COC[C@@H]1CN(Cc2ccco2)CC12CCN(Cc1ccoc1)CC2. The molecule has 2 aromatic heterocycles. The van der Waals surface area contributed by atoms with Crippen molar-refractivity contribution in [1.29, 1.82) is 0 Å². The molecule has 5 heteroatoms. The first-order valence-corrected chi connectivity index (χ1v) is 9.24. The molecule has 0 amide bonds. The molecule has 0 aromatic carbocycles. The zero-order valence-corrected chi connectivity index (χ0v) is 15.0. The van der Waals surface area contributed by atoms with Crippen LogP contribution in [0.4, 0.5) is 0 Å². The first kappa shape index (κ1) is 16.9. The average molecular weight is 344 g/mol. The Labute approximate surface area is 149 Å². The molecule has 2 aliphatic rings. The molecule has 136 valence electrons. The number of piperidine rings is 1. The maximum atomic E-state index is 5.57. The van der Waals surface area contributed by atoms with Gasteiger partial charge in [0.25, 0.3) is 0 Å². The van der Waals surface area contributed by atoms with Gasteiger partial charge in [0.2, 0.25) is 0 Å². The van der Waals surface area contributed by atoms with Gasteiger partial charge in [-0.15, -0.1) is 0 Å². The van der Waals surface area contributed by atoms with E-state index in [0.717, 1.165) is 51.6 Å². The molecule has 2 saturated heterocycles. The van der Waals surface area contributed by atoms with Crippen LogP contribution in [0.15, 0.2) is 45.8 Å². The van der Waals surface area contributed by atoms with E-state index in [0.29, 0.717) is 11.3 Å². The minimum absolute atomic E-state index is 0.384. The van der Waals surface area contributed by atoms with E-state index in [1.54, 1.807) is 12.5 Å². The zero-order chi connectivity index (χ0) is 17.1. The van der Waals surface area contributed by atoms with Crippen molar-refractivity contribution in [2.75, 3.05) is 39.9 Å². The van der Waals surface area contributed by atoms with Crippen LogP contribution in [0.5, 0.6) is 0 Å². The number of furan rings is 2. The van der Waals surface area contributed by atoms with Crippen LogP contribution in [-0.2, 0) is 17.8 Å². The molecular formula is C20H28N2O3. The molecule has 0 aliphatic carbocycles. The van der Waals surface area contributed by atoms with Crippen LogP contribution in [0.2, 0.25) is 0 Å². The van der Waals surface area contributed by atoms with Gasteiger partial charge in [-0.2, -0.15) is 0 Å². The normalized spacial score (nSPS) is 24.3. The molecular weight excluding hydrogens is 316 g/mol. The molecule has 5 nitrogen and oxygen atoms in total. The van der Waals surface area contributed by atoms with Gasteiger partial charge in [0.15, 0.2) is 0 Å². The number of methoxy groups -OCH3 is 1. The summed E-state index contributed by atoms with van der Waals surface area (Å²) in [6.07, 6.45) is 7.88. The Bertz CT molecular complexity index is 630. The summed E-state index contributed by atoms with van der Waals surface area (Å²) in [6, 6.07) is 6.12. The highest BCUT2D eigenvalue weighted by Crippen LogP contribution is 2.45. The number of ether oxygens (including phenoxy) is 1. The summed E-state index contributed by atoms with van der Waals surface area (Å²) >= 11 is 0. The van der Waals surface area contributed by atoms with Crippen molar-refractivity contribution in [2.24, 2.45) is 11.3 Å². The fourth-order valence-electron chi connectivity index (χ4n) is 4.68. The molecule has 25 heavy (non-hydrogen) atoms. The van der Waals surface area contributed by atoms with Gasteiger partial charge in [0.1, 0.15) is 5.76 Å². The lowest BCUT2D eigenvalue weighted by molar-refractivity contribution is 0.0349. The second-order valence-corrected chi connectivity index (χ2v) is 7.67. The molecule has 2 aromatic rings. The number of hydrogen-bond donors (Lipinski definition) is 0. The minimum Gasteiger partial charge on any atom is -0.472 e. The molecule has 0 radical (unpaired) electrons. The highest BCUT2D eigenvalue weighted by molar-refractivity contribution is 5.07. The lowest BCUT2D eigenvalue weighted by Crippen LogP contribution is -2.44. The van der Waals surface area contributed by atoms with Gasteiger partial charge in [-0.3, -0.25) is 9.80 Å². The van der Waals surface area contributed by atoms with Crippen molar-refractivity contribution in [1.82, 2.24) is 9.80 Å². The molecule has 0 saturated carbocycles. The van der Waals surface area contributed by atoms with Crippen LogP contribution in [0.25, 0.3) is 0 Å². The van der Waals surface area contributed by atoms with Crippen LogP contribution in [0.3, 0.4) is 0 Å². The molecule has 0 N–H and O–H groups in total. The summed E-state index contributed by atoms with van der Waals surface area (Å²) in [5.74, 6) is 1.68. The molecule has 2 fully saturated rings. The van der Waals surface area contributed by atoms with E-state index < -0.39 is 0 Å². The zero-order valence-electron chi connectivity index (χ0n) is 15.0. The van der Waals surface area contributed by atoms with Crippen molar-refractivity contribution in [2.45, 2.75) is 25.9 Å². The van der Waals surface area contributed by atoms with Gasteiger partial charge in [-0.1, -0.05) is 0 Å². The average Bonchev–Trinajstić information content (AvgIpc) is 3.34. The molecule has 1 atom stereocenters. The number of nitrogens with zero attached hydrogens (tertiary/aromatic N) is 2. The van der Waals surface area contributed by atoms with E-state index in [-0.39, 0.29) is 0 Å². The van der Waals surface area contributed by atoms with E-state index in [1.165, 1.54) is 18.4 Å². The summed E-state index contributed by atoms with van der Waals surface area (Å²) < 4.78 is 16.3. The van der Waals surface area contributed by atoms with E-state index in [9.17, 15) is 0 Å². The largest absolute Gasteiger partial charge is 0.472 e. The standard InChI is InChI=1S/C20H28N2O3/c1-23-15-18-12-22(13-19-3-2-9-25-19)16-20(18)5-7-21(8-6-20)11-17-4-10-24-14-17/h2-4,9-10,14,18H,5-8,11-13,15-16H2,1H3/t18-/m0/s1. The monoisotopic (exact) mass is 344 g/mol. The van der Waals surface area contributed by atoms with Gasteiger partial charge in [0, 0.05) is 38.2 Å². The van der Waals surface area contributed by atoms with Crippen molar-refractivity contribution in [3.05, 3.63) is 48.3 Å². The van der Waals surface area contributed by atoms with Crippen molar-refractivity contribution in [3.63, 3.8) is 0 Å². The van der Waals surface area contributed by atoms with Crippen LogP contribution < -0.4 is 0 Å². The van der Waals surface area contributed by atoms with E-state index >= 15 is 0 Å². The predicted octanol–water partition coefficient (Wildman–Crippen LogP) is 3.23. The van der Waals surface area contributed by atoms with Crippen LogP contribution in [-0.4, -0.2) is 49.7 Å². The fraction of sp³-hybridized carbons (Fsp3) is 0.600. The Hall–Kier alpha value is -1.56. The van der Waals surface area contributed by atoms with E-state index in [4.69, 9.17) is 13.6 Å². The van der Waals surface area contributed by atoms with Crippen molar-refractivity contribution >= 4 is 0 Å². The lowest BCUT2D eigenvalue weighted by Gasteiger charge is -2.42. The summed E-state index contributed by atoms with van der Waals surface area (Å²) in [7, 11) is 1.83. The molecule has 1 spiro atoms. The highest BCUT2D eigenvalue weighted by atomic mass is 16.5. The highest BCUT2D eigenvalue weighted by Gasteiger charge is 2.47. The van der Waals surface area contributed by atoms with Gasteiger partial charge in [0.05, 0.1) is 31.9 Å². The van der Waals surface area contributed by atoms with E-state index in [1.807, 2.05) is 19.4 Å². The molecule has 4 heterocycles. The first-order chi connectivity index (χ1) is 12.3. The van der Waals surface area contributed by atoms with Crippen LogP contribution in [0.1, 0.15) is 24.2 Å². The van der Waals surface area contributed by atoms with Crippen molar-refractivity contribution in [3.8, 4) is 0 Å². The van der Waals surface area contributed by atoms with Gasteiger partial charge in [-0.25, -0.2) is 0 Å². The second kappa shape index (κ2) is 7.36. The fourth-order valence-corrected chi connectivity index (χ4v) is 4.68. The van der Waals surface area contributed by atoms with Gasteiger partial charge in [-0.05, 0) is 49.5 Å². The Balaban J connectivity index is 1.38. The number of hydrogen-bond acceptors (Lipinski definition) is 5. The van der Waals surface area contributed by atoms with E-state index in [2.05, 4.69) is 21.9 Å². The lowest BCUT2D eigenvalue weighted by atomic mass is 9.71. The molecule has 2 aliphatic heterocycles. The number of rotatable bonds is 6. The maximum absolute atomic E-state index is 5.57. The smallest absolute Gasteiger partial charge is 0.117 e. The summed E-state index contributed by atoms with van der Waals surface area (Å²) in [5, 5.41) is 0. The predicted molar refractivity (Wildman–Crippen MR) is 95.0 cm³/mol. The molecule has 0 unspecified atom stereocenters. The maximum Gasteiger partial charge on any atom is 0.117 e. The Morgan fingerprint density at radius 3 is 2.72 bits per heavy atom. The third-order valence-corrected chi connectivity index (χ3v) is 6.05. The Morgan fingerprint density at radius 1 is 1.16 bits per heavy atom. The van der Waals surface area contributed by atoms with Crippen LogP contribution in [0, 0.1) is 11.3 Å².